The Bertz CT molecular complexity index is 506. The van der Waals surface area contributed by atoms with Crippen molar-refractivity contribution in [2.75, 3.05) is 11.4 Å². The van der Waals surface area contributed by atoms with Gasteiger partial charge < -0.3 is 10.6 Å². The number of benzene rings is 1. The predicted molar refractivity (Wildman–Crippen MR) is 85.2 cm³/mol. The number of para-hydroxylation sites is 1. The van der Waals surface area contributed by atoms with Gasteiger partial charge in [0, 0.05) is 24.5 Å². The molecule has 0 aliphatic rings. The molecule has 0 fully saturated rings. The molecule has 0 saturated carbocycles. The topological polar surface area (TPSA) is 42.1 Å². The molecular weight excluding hydrogens is 246 g/mol. The molecule has 0 spiro atoms. The van der Waals surface area contributed by atoms with E-state index in [-0.39, 0.29) is 6.04 Å². The van der Waals surface area contributed by atoms with Crippen molar-refractivity contribution in [2.45, 2.75) is 32.7 Å². The van der Waals surface area contributed by atoms with E-state index in [0.29, 0.717) is 0 Å². The van der Waals surface area contributed by atoms with Gasteiger partial charge in [0.1, 0.15) is 5.82 Å². The van der Waals surface area contributed by atoms with Gasteiger partial charge in [0.25, 0.3) is 0 Å². The van der Waals surface area contributed by atoms with E-state index in [1.165, 1.54) is 12.1 Å². The van der Waals surface area contributed by atoms with Crippen LogP contribution in [0.5, 0.6) is 0 Å². The van der Waals surface area contributed by atoms with Gasteiger partial charge in [0.2, 0.25) is 0 Å². The Morgan fingerprint density at radius 2 is 1.90 bits per heavy atom. The fraction of sp³-hybridized carbons (Fsp3) is 0.353. The summed E-state index contributed by atoms with van der Waals surface area (Å²) in [4.78, 5) is 6.83. The number of nitrogens with zero attached hydrogens (tertiary/aromatic N) is 2. The first-order chi connectivity index (χ1) is 9.72. The van der Waals surface area contributed by atoms with Gasteiger partial charge in [0.05, 0.1) is 0 Å². The van der Waals surface area contributed by atoms with E-state index in [1.807, 2.05) is 19.2 Å². The Balaban J connectivity index is 2.26. The van der Waals surface area contributed by atoms with Crippen LogP contribution in [-0.4, -0.2) is 11.5 Å². The maximum absolute atomic E-state index is 5.88. The zero-order valence-electron chi connectivity index (χ0n) is 12.3. The predicted octanol–water partition coefficient (Wildman–Crippen LogP) is 4.04. The second kappa shape index (κ2) is 7.06. The molecule has 2 aromatic rings. The molecule has 0 aliphatic heterocycles. The van der Waals surface area contributed by atoms with Gasteiger partial charge in [0.15, 0.2) is 0 Å². The van der Waals surface area contributed by atoms with E-state index in [2.05, 4.69) is 53.2 Å². The molecule has 3 heteroatoms. The molecule has 0 radical (unpaired) electrons. The molecule has 0 aliphatic carbocycles. The summed E-state index contributed by atoms with van der Waals surface area (Å²) in [6.45, 7) is 5.16. The minimum atomic E-state index is 0.0253. The van der Waals surface area contributed by atoms with E-state index in [4.69, 9.17) is 5.73 Å². The van der Waals surface area contributed by atoms with Gasteiger partial charge in [-0.25, -0.2) is 4.98 Å². The Hall–Kier alpha value is -1.87. The second-order valence-electron chi connectivity index (χ2n) is 5.08. The van der Waals surface area contributed by atoms with Crippen LogP contribution in [0.25, 0.3) is 0 Å². The number of hydrogen-bond acceptors (Lipinski definition) is 3. The Labute approximate surface area is 121 Å². The lowest BCUT2D eigenvalue weighted by Gasteiger charge is -2.24. The fourth-order valence-corrected chi connectivity index (χ4v) is 2.13. The molecule has 20 heavy (non-hydrogen) atoms. The first-order valence-electron chi connectivity index (χ1n) is 7.26. The SMILES string of the molecule is CCCCN(c1ccccc1)c1ccc(C(C)N)cn1. The molecule has 0 saturated heterocycles. The summed E-state index contributed by atoms with van der Waals surface area (Å²) < 4.78 is 0. The minimum absolute atomic E-state index is 0.0253. The van der Waals surface area contributed by atoms with E-state index < -0.39 is 0 Å². The molecule has 1 aromatic carbocycles. The van der Waals surface area contributed by atoms with Gasteiger partial charge in [-0.3, -0.25) is 0 Å². The van der Waals surface area contributed by atoms with Crippen LogP contribution < -0.4 is 10.6 Å². The van der Waals surface area contributed by atoms with Crippen molar-refractivity contribution in [3.63, 3.8) is 0 Å². The van der Waals surface area contributed by atoms with Crippen molar-refractivity contribution >= 4 is 11.5 Å². The zero-order valence-corrected chi connectivity index (χ0v) is 12.3. The summed E-state index contributed by atoms with van der Waals surface area (Å²) in [6, 6.07) is 14.5. The molecule has 1 aromatic heterocycles. The Morgan fingerprint density at radius 1 is 1.15 bits per heavy atom. The largest absolute Gasteiger partial charge is 0.326 e. The van der Waals surface area contributed by atoms with Crippen molar-refractivity contribution in [3.05, 3.63) is 54.2 Å². The highest BCUT2D eigenvalue weighted by Crippen LogP contribution is 2.24. The standard InChI is InChI=1S/C17H23N3/c1-3-4-12-20(16-8-6-5-7-9-16)17-11-10-15(13-19-17)14(2)18/h5-11,13-14H,3-4,12,18H2,1-2H3. The van der Waals surface area contributed by atoms with E-state index in [9.17, 15) is 0 Å². The highest BCUT2D eigenvalue weighted by atomic mass is 15.2. The van der Waals surface area contributed by atoms with Gasteiger partial charge in [-0.2, -0.15) is 0 Å². The van der Waals surface area contributed by atoms with E-state index in [1.54, 1.807) is 0 Å². The van der Waals surface area contributed by atoms with Crippen molar-refractivity contribution in [1.29, 1.82) is 0 Å². The minimum Gasteiger partial charge on any atom is -0.326 e. The quantitative estimate of drug-likeness (QED) is 0.860. The van der Waals surface area contributed by atoms with Crippen LogP contribution in [0.3, 0.4) is 0 Å². The number of anilines is 2. The molecular formula is C17H23N3. The van der Waals surface area contributed by atoms with E-state index in [0.717, 1.165) is 24.3 Å². The summed E-state index contributed by atoms with van der Waals surface area (Å²) in [5, 5.41) is 0. The van der Waals surface area contributed by atoms with Crippen LogP contribution in [-0.2, 0) is 0 Å². The summed E-state index contributed by atoms with van der Waals surface area (Å²) in [5.41, 5.74) is 8.13. The first kappa shape index (κ1) is 14.5. The number of aromatic nitrogens is 1. The third-order valence-corrected chi connectivity index (χ3v) is 3.38. The molecule has 2 rings (SSSR count). The van der Waals surface area contributed by atoms with Crippen LogP contribution in [0.15, 0.2) is 48.7 Å². The maximum atomic E-state index is 5.88. The van der Waals surface area contributed by atoms with Crippen LogP contribution in [0.4, 0.5) is 11.5 Å². The van der Waals surface area contributed by atoms with Crippen LogP contribution in [0, 0.1) is 0 Å². The van der Waals surface area contributed by atoms with Crippen molar-refractivity contribution in [2.24, 2.45) is 5.73 Å². The molecule has 1 atom stereocenters. The molecule has 1 unspecified atom stereocenters. The lowest BCUT2D eigenvalue weighted by Crippen LogP contribution is -2.19. The monoisotopic (exact) mass is 269 g/mol. The highest BCUT2D eigenvalue weighted by molar-refractivity contribution is 5.59. The zero-order chi connectivity index (χ0) is 14.4. The third kappa shape index (κ3) is 3.58. The molecule has 3 nitrogen and oxygen atoms in total. The molecule has 106 valence electrons. The van der Waals surface area contributed by atoms with Crippen molar-refractivity contribution in [1.82, 2.24) is 4.98 Å². The van der Waals surface area contributed by atoms with Crippen LogP contribution in [0.1, 0.15) is 38.3 Å². The second-order valence-corrected chi connectivity index (χ2v) is 5.08. The molecule has 2 N–H and O–H groups in total. The molecule has 1 heterocycles. The first-order valence-corrected chi connectivity index (χ1v) is 7.26. The van der Waals surface area contributed by atoms with Crippen LogP contribution >= 0.6 is 0 Å². The van der Waals surface area contributed by atoms with Crippen molar-refractivity contribution < 1.29 is 0 Å². The summed E-state index contributed by atoms with van der Waals surface area (Å²) in [7, 11) is 0. The fourth-order valence-electron chi connectivity index (χ4n) is 2.13. The average Bonchev–Trinajstić information content (AvgIpc) is 2.49. The summed E-state index contributed by atoms with van der Waals surface area (Å²) in [5.74, 6) is 0.981. The third-order valence-electron chi connectivity index (χ3n) is 3.38. The lowest BCUT2D eigenvalue weighted by molar-refractivity contribution is 0.775. The Kier molecular flexibility index (Phi) is 5.13. The maximum Gasteiger partial charge on any atom is 0.132 e. The average molecular weight is 269 g/mol. The van der Waals surface area contributed by atoms with Crippen molar-refractivity contribution in [3.8, 4) is 0 Å². The number of unbranched alkanes of at least 4 members (excludes halogenated alkanes) is 1. The summed E-state index contributed by atoms with van der Waals surface area (Å²) >= 11 is 0. The smallest absolute Gasteiger partial charge is 0.132 e. The molecule has 0 bridgehead atoms. The van der Waals surface area contributed by atoms with Gasteiger partial charge in [-0.1, -0.05) is 37.6 Å². The van der Waals surface area contributed by atoms with Gasteiger partial charge in [-0.05, 0) is 37.1 Å². The van der Waals surface area contributed by atoms with E-state index >= 15 is 0 Å². The normalized spacial score (nSPS) is 12.2. The number of nitrogens with two attached hydrogens (primary N) is 1. The van der Waals surface area contributed by atoms with Crippen LogP contribution in [0.2, 0.25) is 0 Å². The summed E-state index contributed by atoms with van der Waals surface area (Å²) in [6.07, 6.45) is 4.19. The highest BCUT2D eigenvalue weighted by Gasteiger charge is 2.10. The lowest BCUT2D eigenvalue weighted by atomic mass is 10.1. The number of pyridine rings is 1. The molecule has 0 amide bonds. The van der Waals surface area contributed by atoms with Gasteiger partial charge >= 0.3 is 0 Å². The number of rotatable bonds is 6. The van der Waals surface area contributed by atoms with Gasteiger partial charge in [-0.15, -0.1) is 0 Å². The number of hydrogen-bond donors (Lipinski definition) is 1. The Morgan fingerprint density at radius 3 is 2.45 bits per heavy atom.